The lowest BCUT2D eigenvalue weighted by Crippen LogP contribution is -2.06. The molecule has 0 atom stereocenters. The highest BCUT2D eigenvalue weighted by atomic mass is 15.1. The molecule has 0 radical (unpaired) electrons. The maximum absolute atomic E-state index is 4.91. The van der Waals surface area contributed by atoms with Gasteiger partial charge in [-0.3, -0.25) is 10.1 Å². The van der Waals surface area contributed by atoms with E-state index < -0.39 is 0 Å². The SMILES string of the molecule is c1cc(-c2n[nH]c3ccccc23)nc(C2CCCCC2)c1. The smallest absolute Gasteiger partial charge is 0.118 e. The van der Waals surface area contributed by atoms with Crippen molar-refractivity contribution < 1.29 is 0 Å². The van der Waals surface area contributed by atoms with Gasteiger partial charge in [-0.05, 0) is 31.0 Å². The zero-order chi connectivity index (χ0) is 14.1. The van der Waals surface area contributed by atoms with E-state index in [-0.39, 0.29) is 0 Å². The molecule has 0 unspecified atom stereocenters. The van der Waals surface area contributed by atoms with E-state index in [0.717, 1.165) is 22.3 Å². The molecule has 0 aliphatic heterocycles. The van der Waals surface area contributed by atoms with Crippen LogP contribution < -0.4 is 0 Å². The van der Waals surface area contributed by atoms with E-state index in [2.05, 4.69) is 40.5 Å². The van der Waals surface area contributed by atoms with Crippen LogP contribution in [0, 0.1) is 0 Å². The number of nitrogens with zero attached hydrogens (tertiary/aromatic N) is 2. The Morgan fingerprint density at radius 1 is 0.905 bits per heavy atom. The van der Waals surface area contributed by atoms with Gasteiger partial charge in [-0.2, -0.15) is 5.10 Å². The Bertz CT molecular complexity index is 754. The molecule has 1 aromatic carbocycles. The summed E-state index contributed by atoms with van der Waals surface area (Å²) in [7, 11) is 0. The minimum absolute atomic E-state index is 0.629. The van der Waals surface area contributed by atoms with Gasteiger partial charge in [0, 0.05) is 17.0 Å². The molecule has 0 amide bonds. The second-order valence-corrected chi connectivity index (χ2v) is 5.90. The lowest BCUT2D eigenvalue weighted by atomic mass is 9.86. The predicted octanol–water partition coefficient (Wildman–Crippen LogP) is 4.67. The first-order valence-corrected chi connectivity index (χ1v) is 7.82. The van der Waals surface area contributed by atoms with Gasteiger partial charge in [0.25, 0.3) is 0 Å². The van der Waals surface area contributed by atoms with Crippen LogP contribution in [0.1, 0.15) is 43.7 Å². The highest BCUT2D eigenvalue weighted by molar-refractivity contribution is 5.91. The van der Waals surface area contributed by atoms with Crippen LogP contribution in [0.15, 0.2) is 42.5 Å². The van der Waals surface area contributed by atoms with Crippen LogP contribution in [0.2, 0.25) is 0 Å². The van der Waals surface area contributed by atoms with Crippen molar-refractivity contribution in [3.05, 3.63) is 48.2 Å². The molecule has 0 saturated heterocycles. The Morgan fingerprint density at radius 3 is 2.67 bits per heavy atom. The van der Waals surface area contributed by atoms with Gasteiger partial charge in [0.1, 0.15) is 5.69 Å². The molecule has 3 nitrogen and oxygen atoms in total. The number of rotatable bonds is 2. The molecule has 0 bridgehead atoms. The Morgan fingerprint density at radius 2 is 1.76 bits per heavy atom. The van der Waals surface area contributed by atoms with Gasteiger partial charge in [-0.25, -0.2) is 0 Å². The number of fused-ring (bicyclic) bond motifs is 1. The zero-order valence-electron chi connectivity index (χ0n) is 12.0. The molecule has 1 fully saturated rings. The highest BCUT2D eigenvalue weighted by Gasteiger charge is 2.18. The average Bonchev–Trinajstić information content (AvgIpc) is 3.00. The molecule has 2 aromatic heterocycles. The Kier molecular flexibility index (Phi) is 3.18. The second-order valence-electron chi connectivity index (χ2n) is 5.90. The number of nitrogens with one attached hydrogen (secondary N) is 1. The number of hydrogen-bond acceptors (Lipinski definition) is 2. The zero-order valence-corrected chi connectivity index (χ0v) is 12.0. The third-order valence-corrected chi connectivity index (χ3v) is 4.51. The summed E-state index contributed by atoms with van der Waals surface area (Å²) in [5.74, 6) is 0.629. The van der Waals surface area contributed by atoms with Gasteiger partial charge >= 0.3 is 0 Å². The van der Waals surface area contributed by atoms with Crippen LogP contribution in [0.25, 0.3) is 22.3 Å². The molecule has 0 spiro atoms. The maximum atomic E-state index is 4.91. The van der Waals surface area contributed by atoms with Crippen molar-refractivity contribution >= 4 is 10.9 Å². The van der Waals surface area contributed by atoms with E-state index in [1.807, 2.05) is 12.1 Å². The lowest BCUT2D eigenvalue weighted by molar-refractivity contribution is 0.437. The molecule has 1 saturated carbocycles. The number of para-hydroxylation sites is 1. The quantitative estimate of drug-likeness (QED) is 0.739. The van der Waals surface area contributed by atoms with E-state index in [1.54, 1.807) is 0 Å². The molecule has 1 aliphatic carbocycles. The van der Waals surface area contributed by atoms with Crippen molar-refractivity contribution in [1.29, 1.82) is 0 Å². The molecule has 4 rings (SSSR count). The number of aromatic amines is 1. The summed E-state index contributed by atoms with van der Waals surface area (Å²) in [6, 6.07) is 14.6. The fourth-order valence-electron chi connectivity index (χ4n) is 3.37. The fourth-order valence-corrected chi connectivity index (χ4v) is 3.37. The average molecular weight is 277 g/mol. The summed E-state index contributed by atoms with van der Waals surface area (Å²) in [5, 5.41) is 8.70. The van der Waals surface area contributed by atoms with E-state index in [4.69, 9.17) is 4.98 Å². The van der Waals surface area contributed by atoms with Crippen LogP contribution in [0.3, 0.4) is 0 Å². The molecule has 21 heavy (non-hydrogen) atoms. The Labute approximate surface area is 124 Å². The molecular weight excluding hydrogens is 258 g/mol. The van der Waals surface area contributed by atoms with Gasteiger partial charge < -0.3 is 0 Å². The third kappa shape index (κ3) is 2.33. The molecule has 1 N–H and O–H groups in total. The van der Waals surface area contributed by atoms with Crippen molar-refractivity contribution in [2.75, 3.05) is 0 Å². The maximum Gasteiger partial charge on any atom is 0.118 e. The van der Waals surface area contributed by atoms with Gasteiger partial charge in [0.2, 0.25) is 0 Å². The molecule has 3 heteroatoms. The number of aromatic nitrogens is 3. The van der Waals surface area contributed by atoms with Crippen LogP contribution in [-0.2, 0) is 0 Å². The van der Waals surface area contributed by atoms with E-state index in [0.29, 0.717) is 5.92 Å². The van der Waals surface area contributed by atoms with Gasteiger partial charge in [0.05, 0.1) is 11.2 Å². The Balaban J connectivity index is 1.75. The first kappa shape index (κ1) is 12.6. The topological polar surface area (TPSA) is 41.6 Å². The number of pyridine rings is 1. The largest absolute Gasteiger partial charge is 0.277 e. The third-order valence-electron chi connectivity index (χ3n) is 4.51. The highest BCUT2D eigenvalue weighted by Crippen LogP contribution is 2.33. The summed E-state index contributed by atoms with van der Waals surface area (Å²) in [6.07, 6.45) is 6.60. The summed E-state index contributed by atoms with van der Waals surface area (Å²) in [4.78, 5) is 4.91. The number of hydrogen-bond donors (Lipinski definition) is 1. The van der Waals surface area contributed by atoms with Crippen molar-refractivity contribution in [3.8, 4) is 11.4 Å². The minimum atomic E-state index is 0.629. The van der Waals surface area contributed by atoms with Crippen LogP contribution in [0.5, 0.6) is 0 Å². The summed E-state index contributed by atoms with van der Waals surface area (Å²) >= 11 is 0. The number of benzene rings is 1. The first-order valence-electron chi connectivity index (χ1n) is 7.82. The Hall–Kier alpha value is -2.16. The van der Waals surface area contributed by atoms with Crippen molar-refractivity contribution in [2.24, 2.45) is 0 Å². The van der Waals surface area contributed by atoms with E-state index in [1.165, 1.54) is 37.8 Å². The monoisotopic (exact) mass is 277 g/mol. The van der Waals surface area contributed by atoms with Crippen molar-refractivity contribution in [3.63, 3.8) is 0 Å². The predicted molar refractivity (Wildman–Crippen MR) is 85.2 cm³/mol. The lowest BCUT2D eigenvalue weighted by Gasteiger charge is -2.21. The summed E-state index contributed by atoms with van der Waals surface area (Å²) < 4.78 is 0. The summed E-state index contributed by atoms with van der Waals surface area (Å²) in [5.41, 5.74) is 4.25. The van der Waals surface area contributed by atoms with Crippen LogP contribution in [-0.4, -0.2) is 15.2 Å². The van der Waals surface area contributed by atoms with Crippen molar-refractivity contribution in [2.45, 2.75) is 38.0 Å². The van der Waals surface area contributed by atoms with E-state index >= 15 is 0 Å². The first-order chi connectivity index (χ1) is 10.4. The van der Waals surface area contributed by atoms with Crippen LogP contribution >= 0.6 is 0 Å². The normalized spacial score (nSPS) is 16.4. The number of H-pyrrole nitrogens is 1. The molecule has 1 aliphatic rings. The molecular formula is C18H19N3. The van der Waals surface area contributed by atoms with Crippen molar-refractivity contribution in [1.82, 2.24) is 15.2 Å². The second kappa shape index (κ2) is 5.32. The molecule has 2 heterocycles. The molecule has 106 valence electrons. The minimum Gasteiger partial charge on any atom is -0.277 e. The van der Waals surface area contributed by atoms with Gasteiger partial charge in [-0.1, -0.05) is 43.5 Å². The fraction of sp³-hybridized carbons (Fsp3) is 0.333. The van der Waals surface area contributed by atoms with Crippen LogP contribution in [0.4, 0.5) is 0 Å². The van der Waals surface area contributed by atoms with Gasteiger partial charge in [-0.15, -0.1) is 0 Å². The van der Waals surface area contributed by atoms with E-state index in [9.17, 15) is 0 Å². The standard InChI is InChI=1S/C18H19N3/c1-2-7-13(8-3-1)15-11-6-12-17(19-15)18-14-9-4-5-10-16(14)20-21-18/h4-6,9-13H,1-3,7-8H2,(H,20,21). The molecule has 3 aromatic rings. The van der Waals surface area contributed by atoms with Gasteiger partial charge in [0.15, 0.2) is 0 Å². The summed E-state index contributed by atoms with van der Waals surface area (Å²) in [6.45, 7) is 0.